The van der Waals surface area contributed by atoms with E-state index in [1.165, 1.54) is 5.56 Å². The van der Waals surface area contributed by atoms with Gasteiger partial charge in [0.15, 0.2) is 0 Å². The standard InChI is InChI=1S/C20H19N3/c1-17(18-9-3-2-4-10-18)13-16-23(19-11-5-7-14-21-19)20-12-6-8-15-22-20/h2-12,14-15H,1,13,16H2. The van der Waals surface area contributed by atoms with Crippen LogP contribution in [0.5, 0.6) is 0 Å². The highest BCUT2D eigenvalue weighted by atomic mass is 15.2. The third-order valence-electron chi connectivity index (χ3n) is 3.67. The van der Waals surface area contributed by atoms with E-state index in [0.29, 0.717) is 0 Å². The lowest BCUT2D eigenvalue weighted by atomic mass is 10.0. The first-order valence-electron chi connectivity index (χ1n) is 7.67. The lowest BCUT2D eigenvalue weighted by molar-refractivity contribution is 0.910. The molecule has 114 valence electrons. The SMILES string of the molecule is C=C(CCN(c1ccccn1)c1ccccn1)c1ccccc1. The van der Waals surface area contributed by atoms with E-state index in [4.69, 9.17) is 0 Å². The lowest BCUT2D eigenvalue weighted by Gasteiger charge is -2.23. The quantitative estimate of drug-likeness (QED) is 0.659. The maximum Gasteiger partial charge on any atom is 0.134 e. The molecular formula is C20H19N3. The number of hydrogen-bond donors (Lipinski definition) is 0. The van der Waals surface area contributed by atoms with Gasteiger partial charge in [0.1, 0.15) is 11.6 Å². The highest BCUT2D eigenvalue weighted by Crippen LogP contribution is 2.24. The molecule has 0 aliphatic rings. The van der Waals surface area contributed by atoms with Gasteiger partial charge < -0.3 is 4.90 Å². The molecule has 0 aliphatic heterocycles. The van der Waals surface area contributed by atoms with Crippen LogP contribution in [-0.4, -0.2) is 16.5 Å². The molecule has 0 bridgehead atoms. The largest absolute Gasteiger partial charge is 0.311 e. The Morgan fingerprint density at radius 2 is 1.35 bits per heavy atom. The zero-order valence-corrected chi connectivity index (χ0v) is 13.0. The van der Waals surface area contributed by atoms with Crippen LogP contribution in [0.1, 0.15) is 12.0 Å². The van der Waals surface area contributed by atoms with Crippen molar-refractivity contribution in [1.82, 2.24) is 9.97 Å². The number of hydrogen-bond acceptors (Lipinski definition) is 3. The zero-order chi connectivity index (χ0) is 15.9. The maximum atomic E-state index is 4.46. The van der Waals surface area contributed by atoms with Gasteiger partial charge in [0.25, 0.3) is 0 Å². The first-order valence-corrected chi connectivity index (χ1v) is 7.67. The van der Waals surface area contributed by atoms with Crippen LogP contribution in [0.3, 0.4) is 0 Å². The van der Waals surface area contributed by atoms with Crippen molar-refractivity contribution in [3.63, 3.8) is 0 Å². The number of anilines is 2. The Bertz CT molecular complexity index is 700. The molecule has 3 heteroatoms. The molecule has 2 aromatic heterocycles. The average Bonchev–Trinajstić information content (AvgIpc) is 2.64. The molecule has 1 aromatic carbocycles. The number of aromatic nitrogens is 2. The molecule has 3 aromatic rings. The molecule has 0 N–H and O–H groups in total. The summed E-state index contributed by atoms with van der Waals surface area (Å²) in [6, 6.07) is 22.1. The minimum Gasteiger partial charge on any atom is -0.311 e. The Kier molecular flexibility index (Phi) is 4.79. The van der Waals surface area contributed by atoms with Crippen LogP contribution in [0.2, 0.25) is 0 Å². The molecule has 2 heterocycles. The fourth-order valence-corrected chi connectivity index (χ4v) is 2.44. The Hall–Kier alpha value is -2.94. The van der Waals surface area contributed by atoms with Crippen LogP contribution >= 0.6 is 0 Å². The van der Waals surface area contributed by atoms with Crippen LogP contribution in [-0.2, 0) is 0 Å². The van der Waals surface area contributed by atoms with Crippen LogP contribution in [0.25, 0.3) is 5.57 Å². The van der Waals surface area contributed by atoms with Crippen molar-refractivity contribution in [2.75, 3.05) is 11.4 Å². The summed E-state index contributed by atoms with van der Waals surface area (Å²) in [7, 11) is 0. The smallest absolute Gasteiger partial charge is 0.134 e. The Labute approximate surface area is 137 Å². The predicted molar refractivity (Wildman–Crippen MR) is 95.6 cm³/mol. The molecule has 3 nitrogen and oxygen atoms in total. The van der Waals surface area contributed by atoms with Crippen molar-refractivity contribution in [2.24, 2.45) is 0 Å². The molecular weight excluding hydrogens is 282 g/mol. The molecule has 23 heavy (non-hydrogen) atoms. The van der Waals surface area contributed by atoms with Crippen LogP contribution in [0, 0.1) is 0 Å². The molecule has 0 saturated heterocycles. The predicted octanol–water partition coefficient (Wildman–Crippen LogP) is 4.72. The monoisotopic (exact) mass is 301 g/mol. The van der Waals surface area contributed by atoms with Gasteiger partial charge in [-0.3, -0.25) is 0 Å². The summed E-state index contributed by atoms with van der Waals surface area (Å²) in [5, 5.41) is 0. The van der Waals surface area contributed by atoms with Crippen molar-refractivity contribution in [3.8, 4) is 0 Å². The Morgan fingerprint density at radius 1 is 0.783 bits per heavy atom. The average molecular weight is 301 g/mol. The summed E-state index contributed by atoms with van der Waals surface area (Å²) in [6.45, 7) is 5.00. The summed E-state index contributed by atoms with van der Waals surface area (Å²) in [5.41, 5.74) is 2.29. The minimum atomic E-state index is 0.780. The molecule has 0 spiro atoms. The van der Waals surface area contributed by atoms with Crippen molar-refractivity contribution in [1.29, 1.82) is 0 Å². The Balaban J connectivity index is 1.79. The normalized spacial score (nSPS) is 10.3. The van der Waals surface area contributed by atoms with Gasteiger partial charge in [-0.05, 0) is 41.8 Å². The number of benzene rings is 1. The van der Waals surface area contributed by atoms with E-state index < -0.39 is 0 Å². The first-order chi connectivity index (χ1) is 11.3. The van der Waals surface area contributed by atoms with E-state index >= 15 is 0 Å². The van der Waals surface area contributed by atoms with Gasteiger partial charge in [-0.25, -0.2) is 9.97 Å². The Morgan fingerprint density at radius 3 is 1.87 bits per heavy atom. The number of nitrogens with zero attached hydrogens (tertiary/aromatic N) is 3. The number of rotatable bonds is 6. The van der Waals surface area contributed by atoms with Crippen molar-refractivity contribution >= 4 is 17.2 Å². The van der Waals surface area contributed by atoms with Gasteiger partial charge in [0.2, 0.25) is 0 Å². The van der Waals surface area contributed by atoms with Gasteiger partial charge in [-0.2, -0.15) is 0 Å². The van der Waals surface area contributed by atoms with Crippen LogP contribution in [0.15, 0.2) is 85.7 Å². The van der Waals surface area contributed by atoms with E-state index in [0.717, 1.165) is 30.2 Å². The second kappa shape index (κ2) is 7.36. The van der Waals surface area contributed by atoms with Crippen LogP contribution in [0.4, 0.5) is 11.6 Å². The molecule has 0 radical (unpaired) electrons. The second-order valence-corrected chi connectivity index (χ2v) is 5.25. The van der Waals surface area contributed by atoms with Crippen LogP contribution < -0.4 is 4.90 Å². The molecule has 0 fully saturated rings. The van der Waals surface area contributed by atoms with Gasteiger partial charge in [0.05, 0.1) is 0 Å². The lowest BCUT2D eigenvalue weighted by Crippen LogP contribution is -2.20. The van der Waals surface area contributed by atoms with E-state index in [-0.39, 0.29) is 0 Å². The fraction of sp³-hybridized carbons (Fsp3) is 0.100. The summed E-state index contributed by atoms with van der Waals surface area (Å²) in [6.07, 6.45) is 4.45. The van der Waals surface area contributed by atoms with Gasteiger partial charge in [-0.15, -0.1) is 0 Å². The zero-order valence-electron chi connectivity index (χ0n) is 13.0. The van der Waals surface area contributed by atoms with Gasteiger partial charge in [-0.1, -0.05) is 49.0 Å². The van der Waals surface area contributed by atoms with E-state index in [1.807, 2.05) is 54.6 Å². The molecule has 3 rings (SSSR count). The summed E-state index contributed by atoms with van der Waals surface area (Å²) in [5.74, 6) is 1.79. The van der Waals surface area contributed by atoms with Gasteiger partial charge in [0, 0.05) is 18.9 Å². The first kappa shape index (κ1) is 15.0. The molecule has 0 atom stereocenters. The minimum absolute atomic E-state index is 0.780. The third-order valence-corrected chi connectivity index (χ3v) is 3.67. The second-order valence-electron chi connectivity index (χ2n) is 5.25. The highest BCUT2D eigenvalue weighted by molar-refractivity contribution is 5.65. The maximum absolute atomic E-state index is 4.46. The third kappa shape index (κ3) is 3.83. The molecule has 0 unspecified atom stereocenters. The molecule has 0 aliphatic carbocycles. The molecule has 0 amide bonds. The van der Waals surface area contributed by atoms with Crippen molar-refractivity contribution in [3.05, 3.63) is 91.3 Å². The van der Waals surface area contributed by atoms with Crippen molar-refractivity contribution < 1.29 is 0 Å². The summed E-state index contributed by atoms with van der Waals surface area (Å²) >= 11 is 0. The van der Waals surface area contributed by atoms with E-state index in [9.17, 15) is 0 Å². The summed E-state index contributed by atoms with van der Waals surface area (Å²) < 4.78 is 0. The fourth-order valence-electron chi connectivity index (χ4n) is 2.44. The summed E-state index contributed by atoms with van der Waals surface area (Å²) in [4.78, 5) is 11.0. The topological polar surface area (TPSA) is 29.0 Å². The van der Waals surface area contributed by atoms with Gasteiger partial charge >= 0.3 is 0 Å². The van der Waals surface area contributed by atoms with E-state index in [1.54, 1.807) is 12.4 Å². The highest BCUT2D eigenvalue weighted by Gasteiger charge is 2.12. The van der Waals surface area contributed by atoms with Crippen molar-refractivity contribution in [2.45, 2.75) is 6.42 Å². The van der Waals surface area contributed by atoms with E-state index in [2.05, 4.69) is 33.6 Å². The molecule has 0 saturated carbocycles. The number of pyridine rings is 2.